The summed E-state index contributed by atoms with van der Waals surface area (Å²) in [6, 6.07) is 0. The molecule has 0 spiro atoms. The lowest BCUT2D eigenvalue weighted by Crippen LogP contribution is -2.58. The van der Waals surface area contributed by atoms with Crippen molar-refractivity contribution in [1.29, 1.82) is 0 Å². The van der Waals surface area contributed by atoms with Crippen molar-refractivity contribution in [2.24, 2.45) is 0 Å². The molecule has 0 radical (unpaired) electrons. The van der Waals surface area contributed by atoms with Gasteiger partial charge in [-0.15, -0.1) is 0 Å². The second-order valence-electron chi connectivity index (χ2n) is 15.7. The summed E-state index contributed by atoms with van der Waals surface area (Å²) in [5.74, 6) is 0. The van der Waals surface area contributed by atoms with Crippen LogP contribution in [0.5, 0.6) is 0 Å². The predicted molar refractivity (Wildman–Crippen MR) is 223 cm³/mol. The van der Waals surface area contributed by atoms with Gasteiger partial charge in [0.15, 0.2) is 0 Å². The van der Waals surface area contributed by atoms with Gasteiger partial charge in [0, 0.05) is 26.7 Å². The van der Waals surface area contributed by atoms with Gasteiger partial charge >= 0.3 is 0 Å². The number of nitrogens with one attached hydrogen (secondary N) is 2. The van der Waals surface area contributed by atoms with Crippen molar-refractivity contribution in [1.82, 2.24) is 9.80 Å². The van der Waals surface area contributed by atoms with E-state index < -0.39 is 17.0 Å². The van der Waals surface area contributed by atoms with Crippen LogP contribution in [-0.2, 0) is 0 Å². The molecule has 9 heteroatoms. The van der Waals surface area contributed by atoms with Gasteiger partial charge < -0.3 is 36.4 Å². The summed E-state index contributed by atoms with van der Waals surface area (Å²) in [5, 5.41) is 27.1. The third kappa shape index (κ3) is 24.7. The van der Waals surface area contributed by atoms with E-state index in [-0.39, 0.29) is 18.3 Å². The maximum atomic E-state index is 12.0. The molecule has 9 nitrogen and oxygen atoms in total. The molecular weight excluding hydrogens is 651 g/mol. The Hall–Kier alpha value is -1.52. The minimum absolute atomic E-state index is 0.240. The lowest BCUT2D eigenvalue weighted by Gasteiger charge is -2.27. The maximum Gasteiger partial charge on any atom is 0.253 e. The van der Waals surface area contributed by atoms with E-state index >= 15 is 0 Å². The van der Waals surface area contributed by atoms with Crippen LogP contribution in [0.3, 0.4) is 0 Å². The fraction of sp³-hybridized carbons (Fsp3) is 0.907. The van der Waals surface area contributed by atoms with Gasteiger partial charge in [-0.3, -0.25) is 9.59 Å². The largest absolute Gasteiger partial charge is 0.390 e. The molecule has 2 atom stereocenters. The SMILES string of the molecule is CCCCCCCCCCCCCCN(CCCCN(CCCCCCCCCCCCCC)CC(O)CNc1c(NC)c(=O)c1=O)CC(O)C[NH3+]. The van der Waals surface area contributed by atoms with E-state index in [0.29, 0.717) is 25.3 Å². The van der Waals surface area contributed by atoms with Crippen LogP contribution in [0.2, 0.25) is 0 Å². The second kappa shape index (κ2) is 34.0. The lowest BCUT2D eigenvalue weighted by atomic mass is 10.1. The van der Waals surface area contributed by atoms with E-state index in [9.17, 15) is 19.8 Å². The molecule has 0 saturated heterocycles. The van der Waals surface area contributed by atoms with Crippen LogP contribution in [-0.4, -0.2) is 91.6 Å². The van der Waals surface area contributed by atoms with Crippen molar-refractivity contribution in [3.05, 3.63) is 20.4 Å². The Labute approximate surface area is 320 Å². The van der Waals surface area contributed by atoms with Crippen molar-refractivity contribution in [2.75, 3.05) is 70.0 Å². The molecular formula is C43H86N5O4+. The predicted octanol–water partition coefficient (Wildman–Crippen LogP) is 7.49. The summed E-state index contributed by atoms with van der Waals surface area (Å²) in [7, 11) is 1.63. The Kier molecular flexibility index (Phi) is 31.7. The van der Waals surface area contributed by atoms with Gasteiger partial charge in [-0.25, -0.2) is 0 Å². The molecule has 306 valence electrons. The van der Waals surface area contributed by atoms with Gasteiger partial charge in [0.25, 0.3) is 10.9 Å². The summed E-state index contributed by atoms with van der Waals surface area (Å²) in [6.07, 6.45) is 33.1. The van der Waals surface area contributed by atoms with Crippen molar-refractivity contribution in [3.63, 3.8) is 0 Å². The zero-order valence-corrected chi connectivity index (χ0v) is 34.5. The topological polar surface area (TPSA) is 133 Å². The minimum Gasteiger partial charge on any atom is -0.390 e. The monoisotopic (exact) mass is 737 g/mol. The van der Waals surface area contributed by atoms with Gasteiger partial charge in [-0.2, -0.15) is 0 Å². The Morgan fingerprint density at radius 2 is 0.808 bits per heavy atom. The smallest absolute Gasteiger partial charge is 0.253 e. The van der Waals surface area contributed by atoms with E-state index in [2.05, 4.69) is 40.0 Å². The summed E-state index contributed by atoms with van der Waals surface area (Å²) in [6.45, 7) is 10.5. The third-order valence-corrected chi connectivity index (χ3v) is 10.8. The maximum absolute atomic E-state index is 12.0. The van der Waals surface area contributed by atoms with E-state index in [1.54, 1.807) is 7.05 Å². The number of rotatable bonds is 40. The van der Waals surface area contributed by atoms with Crippen molar-refractivity contribution < 1.29 is 15.9 Å². The Morgan fingerprint density at radius 1 is 0.500 bits per heavy atom. The highest BCUT2D eigenvalue weighted by molar-refractivity contribution is 5.73. The first-order valence-corrected chi connectivity index (χ1v) is 22.2. The van der Waals surface area contributed by atoms with Gasteiger partial charge in [-0.05, 0) is 51.9 Å². The van der Waals surface area contributed by atoms with Crippen LogP contribution in [0, 0.1) is 0 Å². The fourth-order valence-corrected chi connectivity index (χ4v) is 7.38. The number of unbranched alkanes of at least 4 members (excludes halogenated alkanes) is 23. The van der Waals surface area contributed by atoms with Gasteiger partial charge in [0.05, 0.1) is 6.10 Å². The molecule has 0 bridgehead atoms. The van der Waals surface area contributed by atoms with E-state index in [0.717, 1.165) is 45.4 Å². The number of nitrogens with zero attached hydrogens (tertiary/aromatic N) is 2. The van der Waals surface area contributed by atoms with Crippen LogP contribution < -0.4 is 27.2 Å². The quantitative estimate of drug-likeness (QED) is 0.0346. The molecule has 0 aliphatic carbocycles. The molecule has 0 aliphatic heterocycles. The molecule has 0 saturated carbocycles. The highest BCUT2D eigenvalue weighted by Crippen LogP contribution is 2.16. The molecule has 1 rings (SSSR count). The molecule has 1 aromatic carbocycles. The van der Waals surface area contributed by atoms with E-state index in [1.165, 1.54) is 148 Å². The number of aliphatic hydroxyl groups excluding tert-OH is 2. The zero-order valence-electron chi connectivity index (χ0n) is 34.5. The molecule has 0 fully saturated rings. The van der Waals surface area contributed by atoms with Crippen molar-refractivity contribution in [2.45, 2.75) is 193 Å². The van der Waals surface area contributed by atoms with Gasteiger partial charge in [0.2, 0.25) is 0 Å². The molecule has 1 aromatic rings. The second-order valence-corrected chi connectivity index (χ2v) is 15.7. The third-order valence-electron chi connectivity index (χ3n) is 10.8. The van der Waals surface area contributed by atoms with E-state index in [1.807, 2.05) is 0 Å². The van der Waals surface area contributed by atoms with Crippen LogP contribution in [0.4, 0.5) is 11.4 Å². The van der Waals surface area contributed by atoms with Gasteiger partial charge in [-0.1, -0.05) is 155 Å². The van der Waals surface area contributed by atoms with Crippen LogP contribution in [0.25, 0.3) is 0 Å². The molecule has 0 aromatic heterocycles. The molecule has 7 N–H and O–H groups in total. The number of hydrogen-bond donors (Lipinski definition) is 5. The zero-order chi connectivity index (χ0) is 38.1. The number of aliphatic hydroxyl groups is 2. The molecule has 0 heterocycles. The van der Waals surface area contributed by atoms with Crippen LogP contribution in [0.1, 0.15) is 181 Å². The van der Waals surface area contributed by atoms with Crippen molar-refractivity contribution >= 4 is 11.4 Å². The summed E-state index contributed by atoms with van der Waals surface area (Å²) in [4.78, 5) is 28.5. The number of hydrogen-bond acceptors (Lipinski definition) is 8. The lowest BCUT2D eigenvalue weighted by molar-refractivity contribution is -0.384. The number of quaternary nitrogens is 1. The van der Waals surface area contributed by atoms with Gasteiger partial charge in [0.1, 0.15) is 24.0 Å². The molecule has 0 amide bonds. The first kappa shape index (κ1) is 48.5. The van der Waals surface area contributed by atoms with Crippen molar-refractivity contribution in [3.8, 4) is 0 Å². The first-order valence-electron chi connectivity index (χ1n) is 22.2. The van der Waals surface area contributed by atoms with Crippen LogP contribution in [0.15, 0.2) is 9.59 Å². The summed E-state index contributed by atoms with van der Waals surface area (Å²) >= 11 is 0. The highest BCUT2D eigenvalue weighted by atomic mass is 16.3. The number of anilines is 2. The first-order chi connectivity index (χ1) is 25.4. The highest BCUT2D eigenvalue weighted by Gasteiger charge is 2.21. The summed E-state index contributed by atoms with van der Waals surface area (Å²) < 4.78 is 0. The fourth-order valence-electron chi connectivity index (χ4n) is 7.38. The molecule has 52 heavy (non-hydrogen) atoms. The Morgan fingerprint density at radius 3 is 1.15 bits per heavy atom. The standard InChI is InChI=1S/C43H85N5O4/c1-4-6-8-10-12-14-16-18-20-22-24-26-30-47(36-38(49)34-44)32-28-29-33-48(31-27-25-23-21-19-17-15-13-11-9-7-5-2)37-39(50)35-46-41-40(45-3)42(51)43(41)52/h38-39,45-46,49-50H,4-37,44H2,1-3H3/p+1. The van der Waals surface area contributed by atoms with E-state index in [4.69, 9.17) is 0 Å². The average molecular weight is 737 g/mol. The molecule has 0 aliphatic rings. The summed E-state index contributed by atoms with van der Waals surface area (Å²) in [5.41, 5.74) is 3.51. The Bertz CT molecular complexity index is 1000. The molecule has 2 unspecified atom stereocenters. The average Bonchev–Trinajstić information content (AvgIpc) is 3.14. The normalized spacial score (nSPS) is 13.1. The minimum atomic E-state index is -0.638. The van der Waals surface area contributed by atoms with Crippen LogP contribution >= 0.6 is 0 Å². The Balaban J connectivity index is 2.45.